The van der Waals surface area contributed by atoms with Crippen molar-refractivity contribution in [3.8, 4) is 0 Å². The maximum atomic E-state index is 11.9. The highest BCUT2D eigenvalue weighted by Gasteiger charge is 2.15. The van der Waals surface area contributed by atoms with E-state index in [2.05, 4.69) is 15.3 Å². The lowest BCUT2D eigenvalue weighted by molar-refractivity contribution is -0.119. The van der Waals surface area contributed by atoms with E-state index in [0.29, 0.717) is 5.75 Å². The summed E-state index contributed by atoms with van der Waals surface area (Å²) >= 11 is 1.45. The second kappa shape index (κ2) is 5.79. The summed E-state index contributed by atoms with van der Waals surface area (Å²) in [5, 5.41) is 4.80. The zero-order chi connectivity index (χ0) is 14.8. The number of aromatic nitrogens is 2. The summed E-state index contributed by atoms with van der Waals surface area (Å²) in [5.41, 5.74) is 0.708. The fraction of sp³-hybridized carbons (Fsp3) is 0.400. The molecule has 0 fully saturated rings. The van der Waals surface area contributed by atoms with Gasteiger partial charge in [0.15, 0.2) is 0 Å². The Morgan fingerprint density at radius 2 is 1.95 bits per heavy atom. The molecule has 0 spiro atoms. The molecule has 1 aromatic heterocycles. The van der Waals surface area contributed by atoms with Gasteiger partial charge in [-0.3, -0.25) is 4.79 Å². The van der Waals surface area contributed by atoms with Gasteiger partial charge in [0.2, 0.25) is 5.91 Å². The van der Waals surface area contributed by atoms with Crippen molar-refractivity contribution in [3.63, 3.8) is 0 Å². The van der Waals surface area contributed by atoms with Crippen LogP contribution in [0.4, 0.5) is 0 Å². The number of aryl methyl sites for hydroxylation is 1. The van der Waals surface area contributed by atoms with Crippen LogP contribution in [-0.2, 0) is 4.79 Å². The van der Waals surface area contributed by atoms with Gasteiger partial charge in [0.25, 0.3) is 0 Å². The summed E-state index contributed by atoms with van der Waals surface area (Å²) in [6.07, 6.45) is 0. The molecule has 0 aliphatic heterocycles. The van der Waals surface area contributed by atoms with Crippen LogP contribution in [0.15, 0.2) is 29.3 Å². The zero-order valence-corrected chi connectivity index (χ0v) is 13.0. The molecule has 0 saturated carbocycles. The molecule has 0 bridgehead atoms. The molecule has 0 radical (unpaired) electrons. The monoisotopic (exact) mass is 289 g/mol. The molecule has 1 aromatic carbocycles. The van der Waals surface area contributed by atoms with E-state index in [-0.39, 0.29) is 11.4 Å². The number of hydrogen-bond acceptors (Lipinski definition) is 4. The number of benzene rings is 1. The van der Waals surface area contributed by atoms with Gasteiger partial charge < -0.3 is 5.32 Å². The van der Waals surface area contributed by atoms with Crippen molar-refractivity contribution in [1.29, 1.82) is 0 Å². The second-order valence-corrected chi connectivity index (χ2v) is 6.64. The van der Waals surface area contributed by atoms with E-state index < -0.39 is 0 Å². The number of nitrogens with one attached hydrogen (secondary N) is 1. The predicted octanol–water partition coefficient (Wildman–Crippen LogP) is 2.95. The van der Waals surface area contributed by atoms with Crippen LogP contribution < -0.4 is 5.32 Å². The molecule has 106 valence electrons. The Bertz CT molecular complexity index is 635. The van der Waals surface area contributed by atoms with Gasteiger partial charge in [0.05, 0.1) is 11.3 Å². The summed E-state index contributed by atoms with van der Waals surface area (Å²) in [7, 11) is 0. The van der Waals surface area contributed by atoms with Crippen LogP contribution in [0, 0.1) is 6.92 Å². The molecule has 0 unspecified atom stereocenters. The summed E-state index contributed by atoms with van der Waals surface area (Å²) in [5.74, 6) is 1.10. The van der Waals surface area contributed by atoms with Crippen LogP contribution in [0.3, 0.4) is 0 Å². The highest BCUT2D eigenvalue weighted by molar-refractivity contribution is 8.00. The Kier molecular flexibility index (Phi) is 4.28. The van der Waals surface area contributed by atoms with Gasteiger partial charge in [-0.1, -0.05) is 30.0 Å². The summed E-state index contributed by atoms with van der Waals surface area (Å²) in [4.78, 5) is 20.7. The lowest BCUT2D eigenvalue weighted by Gasteiger charge is -2.20. The third-order valence-electron chi connectivity index (χ3n) is 2.53. The van der Waals surface area contributed by atoms with Crippen LogP contribution in [0.2, 0.25) is 0 Å². The smallest absolute Gasteiger partial charge is 0.230 e. The van der Waals surface area contributed by atoms with Gasteiger partial charge in [-0.2, -0.15) is 0 Å². The van der Waals surface area contributed by atoms with Gasteiger partial charge in [-0.15, -0.1) is 0 Å². The van der Waals surface area contributed by atoms with Gasteiger partial charge in [-0.05, 0) is 33.8 Å². The Morgan fingerprint density at radius 3 is 2.65 bits per heavy atom. The minimum atomic E-state index is -0.207. The molecule has 0 aliphatic rings. The number of nitrogens with zero attached hydrogens (tertiary/aromatic N) is 2. The predicted molar refractivity (Wildman–Crippen MR) is 82.9 cm³/mol. The average Bonchev–Trinajstić information content (AvgIpc) is 2.33. The van der Waals surface area contributed by atoms with Crippen molar-refractivity contribution < 1.29 is 4.79 Å². The third-order valence-corrected chi connectivity index (χ3v) is 3.53. The minimum Gasteiger partial charge on any atom is -0.351 e. The van der Waals surface area contributed by atoms with Crippen molar-refractivity contribution >= 4 is 28.6 Å². The standard InChI is InChI=1S/C15H19N3OS/c1-10-16-12-8-6-5-7-11(12)14(17-10)20-9-13(19)18-15(2,3)4/h5-8H,9H2,1-4H3,(H,18,19). The lowest BCUT2D eigenvalue weighted by atomic mass is 10.1. The summed E-state index contributed by atoms with van der Waals surface area (Å²) < 4.78 is 0. The first-order valence-electron chi connectivity index (χ1n) is 6.52. The van der Waals surface area contributed by atoms with Gasteiger partial charge >= 0.3 is 0 Å². The Balaban J connectivity index is 2.16. The maximum absolute atomic E-state index is 11.9. The van der Waals surface area contributed by atoms with Crippen molar-refractivity contribution in [3.05, 3.63) is 30.1 Å². The number of fused-ring (bicyclic) bond motifs is 1. The highest BCUT2D eigenvalue weighted by atomic mass is 32.2. The lowest BCUT2D eigenvalue weighted by Crippen LogP contribution is -2.41. The summed E-state index contributed by atoms with van der Waals surface area (Å²) in [6.45, 7) is 7.78. The maximum Gasteiger partial charge on any atom is 0.230 e. The number of hydrogen-bond donors (Lipinski definition) is 1. The van der Waals surface area contributed by atoms with Crippen molar-refractivity contribution in [2.24, 2.45) is 0 Å². The number of carbonyl (C=O) groups is 1. The van der Waals surface area contributed by atoms with E-state index in [1.807, 2.05) is 52.0 Å². The van der Waals surface area contributed by atoms with Crippen LogP contribution in [-0.4, -0.2) is 27.2 Å². The van der Waals surface area contributed by atoms with E-state index in [0.717, 1.165) is 21.8 Å². The molecule has 5 heteroatoms. The van der Waals surface area contributed by atoms with Crippen molar-refractivity contribution in [2.75, 3.05) is 5.75 Å². The molecule has 20 heavy (non-hydrogen) atoms. The van der Waals surface area contributed by atoms with Crippen LogP contribution in [0.5, 0.6) is 0 Å². The number of thioether (sulfide) groups is 1. The Hall–Kier alpha value is -1.62. The molecule has 4 nitrogen and oxygen atoms in total. The van der Waals surface area contributed by atoms with E-state index in [9.17, 15) is 4.79 Å². The molecule has 0 aliphatic carbocycles. The van der Waals surface area contributed by atoms with Crippen molar-refractivity contribution in [2.45, 2.75) is 38.3 Å². The third kappa shape index (κ3) is 3.93. The first-order chi connectivity index (χ1) is 9.35. The van der Waals surface area contributed by atoms with E-state index in [1.165, 1.54) is 11.8 Å². The quantitative estimate of drug-likeness (QED) is 0.697. The van der Waals surface area contributed by atoms with Gasteiger partial charge in [0.1, 0.15) is 10.9 Å². The molecule has 2 rings (SSSR count). The fourth-order valence-electron chi connectivity index (χ4n) is 1.86. The SMILES string of the molecule is Cc1nc(SCC(=O)NC(C)(C)C)c2ccccc2n1. The van der Waals surface area contributed by atoms with Crippen molar-refractivity contribution in [1.82, 2.24) is 15.3 Å². The molecule has 1 heterocycles. The molecule has 0 atom stereocenters. The van der Waals surface area contributed by atoms with E-state index in [1.54, 1.807) is 0 Å². The van der Waals surface area contributed by atoms with Crippen LogP contribution in [0.25, 0.3) is 10.9 Å². The first-order valence-corrected chi connectivity index (χ1v) is 7.51. The van der Waals surface area contributed by atoms with E-state index >= 15 is 0 Å². The normalized spacial score (nSPS) is 11.6. The van der Waals surface area contributed by atoms with Gasteiger partial charge in [0, 0.05) is 10.9 Å². The number of para-hydroxylation sites is 1. The second-order valence-electron chi connectivity index (χ2n) is 5.68. The highest BCUT2D eigenvalue weighted by Crippen LogP contribution is 2.25. The molecule has 2 aromatic rings. The zero-order valence-electron chi connectivity index (χ0n) is 12.2. The number of rotatable bonds is 3. The number of carbonyl (C=O) groups excluding carboxylic acids is 1. The Morgan fingerprint density at radius 1 is 1.25 bits per heavy atom. The topological polar surface area (TPSA) is 54.9 Å². The first kappa shape index (κ1) is 14.8. The molecule has 0 saturated heterocycles. The fourth-order valence-corrected chi connectivity index (χ4v) is 2.72. The molecular formula is C15H19N3OS. The average molecular weight is 289 g/mol. The van der Waals surface area contributed by atoms with Crippen LogP contribution in [0.1, 0.15) is 26.6 Å². The van der Waals surface area contributed by atoms with Gasteiger partial charge in [-0.25, -0.2) is 9.97 Å². The molecule has 1 amide bonds. The Labute approximate surface area is 123 Å². The van der Waals surface area contributed by atoms with E-state index in [4.69, 9.17) is 0 Å². The largest absolute Gasteiger partial charge is 0.351 e. The molecule has 1 N–H and O–H groups in total. The van der Waals surface area contributed by atoms with Crippen LogP contribution >= 0.6 is 11.8 Å². The number of amides is 1. The minimum absolute atomic E-state index is 0.0165. The molecular weight excluding hydrogens is 270 g/mol. The summed E-state index contributed by atoms with van der Waals surface area (Å²) in [6, 6.07) is 7.86.